The second-order valence-corrected chi connectivity index (χ2v) is 8.03. The highest BCUT2D eigenvalue weighted by Crippen LogP contribution is 2.37. The first-order chi connectivity index (χ1) is 14.8. The highest BCUT2D eigenvalue weighted by molar-refractivity contribution is 9.11. The number of hydrogen-bond donors (Lipinski definition) is 2. The van der Waals surface area contributed by atoms with E-state index in [0.29, 0.717) is 27.1 Å². The lowest BCUT2D eigenvalue weighted by molar-refractivity contribution is -0.144. The standard InChI is InChI=1S/C21H17Br2N3O5/c1-12(21(28)29)31-14-6-4-13(5-7-14)10-25-26-18(27)11-30-20-17(23)9-16(22)15-3-2-8-24-19(15)20/h2-10,12H,11H2,1H3,(H,26,27)(H,28,29)/b25-10+/t12-/m1/s1. The highest BCUT2D eigenvalue weighted by Gasteiger charge is 2.14. The number of carboxylic acids is 1. The zero-order chi connectivity index (χ0) is 22.4. The number of nitrogens with zero attached hydrogens (tertiary/aromatic N) is 2. The van der Waals surface area contributed by atoms with E-state index in [4.69, 9.17) is 14.6 Å². The van der Waals surface area contributed by atoms with Crippen LogP contribution in [0.5, 0.6) is 11.5 Å². The number of carbonyl (C=O) groups excluding carboxylic acids is 1. The number of aromatic nitrogens is 1. The van der Waals surface area contributed by atoms with Gasteiger partial charge in [-0.1, -0.05) is 22.0 Å². The molecule has 2 aromatic carbocycles. The number of nitrogens with one attached hydrogen (secondary N) is 1. The molecule has 8 nitrogen and oxygen atoms in total. The molecule has 0 aliphatic heterocycles. The van der Waals surface area contributed by atoms with Gasteiger partial charge in [-0.3, -0.25) is 9.78 Å². The maximum absolute atomic E-state index is 12.1. The number of hydrazone groups is 1. The maximum atomic E-state index is 12.1. The monoisotopic (exact) mass is 549 g/mol. The number of hydrogen-bond acceptors (Lipinski definition) is 6. The Morgan fingerprint density at radius 2 is 1.97 bits per heavy atom. The van der Waals surface area contributed by atoms with Gasteiger partial charge in [-0.25, -0.2) is 10.2 Å². The van der Waals surface area contributed by atoms with Crippen molar-refractivity contribution in [3.05, 3.63) is 63.2 Å². The van der Waals surface area contributed by atoms with Gasteiger partial charge in [0, 0.05) is 16.1 Å². The Hall–Kier alpha value is -2.98. The molecule has 3 rings (SSSR count). The molecule has 1 aromatic heterocycles. The molecular weight excluding hydrogens is 534 g/mol. The average molecular weight is 551 g/mol. The van der Waals surface area contributed by atoms with Gasteiger partial charge in [-0.05, 0) is 64.8 Å². The third-order valence-electron chi connectivity index (χ3n) is 4.04. The number of pyridine rings is 1. The van der Waals surface area contributed by atoms with E-state index in [9.17, 15) is 9.59 Å². The van der Waals surface area contributed by atoms with Crippen molar-refractivity contribution in [1.82, 2.24) is 10.4 Å². The van der Waals surface area contributed by atoms with Gasteiger partial charge in [-0.2, -0.15) is 5.10 Å². The van der Waals surface area contributed by atoms with Crippen LogP contribution in [0.3, 0.4) is 0 Å². The van der Waals surface area contributed by atoms with Crippen LogP contribution in [-0.2, 0) is 9.59 Å². The summed E-state index contributed by atoms with van der Waals surface area (Å²) >= 11 is 6.91. The lowest BCUT2D eigenvalue weighted by atomic mass is 10.2. The minimum absolute atomic E-state index is 0.247. The van der Waals surface area contributed by atoms with Crippen molar-refractivity contribution in [3.8, 4) is 11.5 Å². The van der Waals surface area contributed by atoms with Crippen LogP contribution in [0.15, 0.2) is 62.7 Å². The smallest absolute Gasteiger partial charge is 0.344 e. The summed E-state index contributed by atoms with van der Waals surface area (Å²) in [6.45, 7) is 1.20. The summed E-state index contributed by atoms with van der Waals surface area (Å²) in [6, 6.07) is 12.2. The normalized spacial score (nSPS) is 12.0. The summed E-state index contributed by atoms with van der Waals surface area (Å²) in [4.78, 5) is 27.2. The van der Waals surface area contributed by atoms with Crippen molar-refractivity contribution in [2.75, 3.05) is 6.61 Å². The van der Waals surface area contributed by atoms with Gasteiger partial charge in [0.1, 0.15) is 11.3 Å². The van der Waals surface area contributed by atoms with Crippen LogP contribution in [-0.4, -0.2) is 40.9 Å². The Bertz CT molecular complexity index is 1140. The fourth-order valence-electron chi connectivity index (χ4n) is 2.52. The van der Waals surface area contributed by atoms with Crippen LogP contribution < -0.4 is 14.9 Å². The number of halogens is 2. The molecule has 0 fully saturated rings. The number of ether oxygens (including phenoxy) is 2. The third-order valence-corrected chi connectivity index (χ3v) is 5.29. The number of carboxylic acid groups (broad SMARTS) is 1. The van der Waals surface area contributed by atoms with E-state index < -0.39 is 18.0 Å². The second-order valence-electron chi connectivity index (χ2n) is 6.32. The third kappa shape index (κ3) is 6.02. The Balaban J connectivity index is 1.56. The number of carbonyl (C=O) groups is 2. The van der Waals surface area contributed by atoms with E-state index >= 15 is 0 Å². The SMILES string of the molecule is C[C@@H](Oc1ccc(/C=N/NC(=O)COc2c(Br)cc(Br)c3cccnc23)cc1)C(=O)O. The van der Waals surface area contributed by atoms with Crippen molar-refractivity contribution in [1.29, 1.82) is 0 Å². The largest absolute Gasteiger partial charge is 0.480 e. The van der Waals surface area contributed by atoms with Crippen molar-refractivity contribution in [2.45, 2.75) is 13.0 Å². The van der Waals surface area contributed by atoms with Crippen molar-refractivity contribution >= 4 is 60.9 Å². The summed E-state index contributed by atoms with van der Waals surface area (Å²) in [5, 5.41) is 13.6. The van der Waals surface area contributed by atoms with Crippen molar-refractivity contribution in [2.24, 2.45) is 5.10 Å². The quantitative estimate of drug-likeness (QED) is 0.322. The molecule has 1 atom stereocenters. The Morgan fingerprint density at radius 1 is 1.23 bits per heavy atom. The average Bonchev–Trinajstić information content (AvgIpc) is 2.74. The van der Waals surface area contributed by atoms with Gasteiger partial charge in [0.2, 0.25) is 0 Å². The summed E-state index contributed by atoms with van der Waals surface area (Å²) in [7, 11) is 0. The number of amides is 1. The molecule has 0 unspecified atom stereocenters. The summed E-state index contributed by atoms with van der Waals surface area (Å²) < 4.78 is 12.4. The molecule has 0 saturated carbocycles. The molecule has 2 N–H and O–H groups in total. The van der Waals surface area contributed by atoms with Crippen LogP contribution in [0.2, 0.25) is 0 Å². The molecule has 0 radical (unpaired) electrons. The van der Waals surface area contributed by atoms with E-state index in [1.807, 2.05) is 18.2 Å². The van der Waals surface area contributed by atoms with Crippen molar-refractivity contribution in [3.63, 3.8) is 0 Å². The lowest BCUT2D eigenvalue weighted by Gasteiger charge is -2.11. The molecule has 1 heterocycles. The van der Waals surface area contributed by atoms with E-state index in [1.54, 1.807) is 30.5 Å². The summed E-state index contributed by atoms with van der Waals surface area (Å²) in [5.41, 5.74) is 3.71. The predicted octanol–water partition coefficient (Wildman–Crippen LogP) is 4.14. The first-order valence-corrected chi connectivity index (χ1v) is 10.6. The molecule has 10 heteroatoms. The van der Waals surface area contributed by atoms with Crippen LogP contribution in [0.25, 0.3) is 10.9 Å². The van der Waals surface area contributed by atoms with E-state index in [0.717, 1.165) is 9.86 Å². The molecule has 0 saturated heterocycles. The molecule has 1 amide bonds. The zero-order valence-corrected chi connectivity index (χ0v) is 19.4. The number of benzene rings is 2. The summed E-state index contributed by atoms with van der Waals surface area (Å²) in [5.74, 6) is -0.602. The van der Waals surface area contributed by atoms with Gasteiger partial charge in [0.15, 0.2) is 18.5 Å². The summed E-state index contributed by atoms with van der Waals surface area (Å²) in [6.07, 6.45) is 2.16. The topological polar surface area (TPSA) is 110 Å². The van der Waals surface area contributed by atoms with Crippen LogP contribution >= 0.6 is 31.9 Å². The molecule has 0 spiro atoms. The number of aliphatic carboxylic acids is 1. The Morgan fingerprint density at radius 3 is 2.68 bits per heavy atom. The van der Waals surface area contributed by atoms with Gasteiger partial charge >= 0.3 is 5.97 Å². The van der Waals surface area contributed by atoms with E-state index in [1.165, 1.54) is 13.1 Å². The first-order valence-electron chi connectivity index (χ1n) is 9.02. The van der Waals surface area contributed by atoms with E-state index in [2.05, 4.69) is 47.4 Å². The van der Waals surface area contributed by atoms with Gasteiger partial charge in [0.05, 0.1) is 10.7 Å². The highest BCUT2D eigenvalue weighted by atomic mass is 79.9. The molecule has 0 bridgehead atoms. The van der Waals surface area contributed by atoms with Crippen LogP contribution in [0.1, 0.15) is 12.5 Å². The molecule has 0 aliphatic rings. The lowest BCUT2D eigenvalue weighted by Crippen LogP contribution is -2.24. The molecule has 31 heavy (non-hydrogen) atoms. The van der Waals surface area contributed by atoms with Crippen molar-refractivity contribution < 1.29 is 24.2 Å². The fraction of sp³-hybridized carbons (Fsp3) is 0.143. The van der Waals surface area contributed by atoms with Crippen LogP contribution in [0.4, 0.5) is 0 Å². The predicted molar refractivity (Wildman–Crippen MR) is 123 cm³/mol. The van der Waals surface area contributed by atoms with Gasteiger partial charge in [0.25, 0.3) is 5.91 Å². The first kappa shape index (κ1) is 22.7. The molecular formula is C21H17Br2N3O5. The second kappa shape index (κ2) is 10.4. The van der Waals surface area contributed by atoms with Gasteiger partial charge < -0.3 is 14.6 Å². The zero-order valence-electron chi connectivity index (χ0n) is 16.2. The minimum atomic E-state index is -1.05. The molecule has 160 valence electrons. The van der Waals surface area contributed by atoms with E-state index in [-0.39, 0.29) is 6.61 Å². The molecule has 3 aromatic rings. The fourth-order valence-corrected chi connectivity index (χ4v) is 3.91. The number of fused-ring (bicyclic) bond motifs is 1. The maximum Gasteiger partial charge on any atom is 0.344 e. The Labute approximate surface area is 194 Å². The van der Waals surface area contributed by atoms with Gasteiger partial charge in [-0.15, -0.1) is 0 Å². The minimum Gasteiger partial charge on any atom is -0.480 e. The Kier molecular flexibility index (Phi) is 7.59. The van der Waals surface area contributed by atoms with Crippen LogP contribution in [0, 0.1) is 0 Å². The molecule has 0 aliphatic carbocycles. The number of rotatable bonds is 8.